The van der Waals surface area contributed by atoms with Crippen LogP contribution in [-0.2, 0) is 16.1 Å². The van der Waals surface area contributed by atoms with Crippen LogP contribution in [0.2, 0.25) is 0 Å². The molecular weight excluding hydrogens is 684 g/mol. The van der Waals surface area contributed by atoms with Crippen LogP contribution in [0.25, 0.3) is 10.9 Å². The second-order valence-electron chi connectivity index (χ2n) is 10.6. The molecule has 0 radical (unpaired) electrons. The van der Waals surface area contributed by atoms with Crippen molar-refractivity contribution in [3.63, 3.8) is 0 Å². The van der Waals surface area contributed by atoms with Gasteiger partial charge in [-0.15, -0.1) is 0 Å². The molecule has 0 aliphatic heterocycles. The number of alkyl halides is 6. The van der Waals surface area contributed by atoms with Crippen molar-refractivity contribution in [3.05, 3.63) is 53.3 Å². The lowest BCUT2D eigenvalue weighted by Crippen LogP contribution is -2.38. The number of halogens is 6. The van der Waals surface area contributed by atoms with Crippen molar-refractivity contribution in [2.45, 2.75) is 63.6 Å². The molecule has 1 amide bonds. The number of hydrogen-bond acceptors (Lipinski definition) is 9. The smallest absolute Gasteiger partial charge is 0.490 e. The van der Waals surface area contributed by atoms with E-state index in [1.54, 1.807) is 20.3 Å². The van der Waals surface area contributed by atoms with E-state index in [0.29, 0.717) is 22.8 Å². The number of nitrogens with zero attached hydrogens (tertiary/aromatic N) is 3. The van der Waals surface area contributed by atoms with Crippen molar-refractivity contribution in [3.8, 4) is 11.5 Å². The van der Waals surface area contributed by atoms with Crippen LogP contribution in [-0.4, -0.2) is 82.6 Å². The fourth-order valence-electron chi connectivity index (χ4n) is 4.51. The summed E-state index contributed by atoms with van der Waals surface area (Å²) >= 11 is 0. The maximum absolute atomic E-state index is 13.1. The van der Waals surface area contributed by atoms with Gasteiger partial charge in [-0.05, 0) is 49.6 Å². The van der Waals surface area contributed by atoms with Gasteiger partial charge in [-0.2, -0.15) is 26.3 Å². The number of aliphatic carboxylic acids is 2. The zero-order valence-electron chi connectivity index (χ0n) is 26.9. The van der Waals surface area contributed by atoms with Crippen LogP contribution in [0.4, 0.5) is 32.2 Å². The predicted molar refractivity (Wildman–Crippen MR) is 168 cm³/mol. The van der Waals surface area contributed by atoms with E-state index in [9.17, 15) is 31.1 Å². The molecule has 1 saturated carbocycles. The highest BCUT2D eigenvalue weighted by Gasteiger charge is 2.39. The molecule has 1 fully saturated rings. The lowest BCUT2D eigenvalue weighted by Gasteiger charge is -2.30. The molecule has 0 spiro atoms. The molecule has 0 saturated heterocycles. The average molecular weight is 720 g/mol. The van der Waals surface area contributed by atoms with Gasteiger partial charge in [0.25, 0.3) is 5.91 Å². The first-order valence-corrected chi connectivity index (χ1v) is 14.5. The molecule has 1 aromatic heterocycles. The fraction of sp³-hybridized carbons (Fsp3) is 0.400. The number of aromatic nitrogens is 2. The normalized spacial score (nSPS) is 15.6. The summed E-state index contributed by atoms with van der Waals surface area (Å²) in [5.41, 5.74) is 14.0. The van der Waals surface area contributed by atoms with E-state index in [4.69, 9.17) is 40.7 Å². The lowest BCUT2D eigenvalue weighted by atomic mass is 9.90. The van der Waals surface area contributed by atoms with Gasteiger partial charge in [0.1, 0.15) is 5.82 Å². The SMILES string of the molecule is COc1ccc(CNC(=O)c2nc(NC3CCCCC3N=C(N)N)c3cc(C)ccc3n2)cc1OC.O=C(O)C(F)(F)F.O=C(O)C(F)(F)F. The molecule has 1 aliphatic carbocycles. The van der Waals surface area contributed by atoms with Gasteiger partial charge in [0, 0.05) is 11.9 Å². The Kier molecular flexibility index (Phi) is 14.4. The molecule has 14 nitrogen and oxygen atoms in total. The van der Waals surface area contributed by atoms with E-state index in [1.165, 1.54) is 0 Å². The average Bonchev–Trinajstić information content (AvgIpc) is 3.03. The summed E-state index contributed by atoms with van der Waals surface area (Å²) in [6.45, 7) is 2.29. The zero-order valence-corrected chi connectivity index (χ0v) is 26.9. The molecule has 8 N–H and O–H groups in total. The number of aliphatic imine (C=N–C) groups is 1. The maximum atomic E-state index is 13.1. The van der Waals surface area contributed by atoms with Gasteiger partial charge in [-0.3, -0.25) is 4.79 Å². The highest BCUT2D eigenvalue weighted by atomic mass is 19.4. The Labute approximate surface area is 280 Å². The number of carboxylic acids is 2. The number of fused-ring (bicyclic) bond motifs is 1. The number of hydrogen-bond donors (Lipinski definition) is 6. The van der Waals surface area contributed by atoms with Crippen LogP contribution in [0, 0.1) is 6.92 Å². The molecule has 20 heteroatoms. The lowest BCUT2D eigenvalue weighted by molar-refractivity contribution is -0.193. The molecule has 2 unspecified atom stereocenters. The van der Waals surface area contributed by atoms with Crippen molar-refractivity contribution in [1.82, 2.24) is 15.3 Å². The number of nitrogens with two attached hydrogens (primary N) is 2. The van der Waals surface area contributed by atoms with E-state index in [2.05, 4.69) is 25.6 Å². The Morgan fingerprint density at radius 1 is 0.900 bits per heavy atom. The second-order valence-corrected chi connectivity index (χ2v) is 10.6. The zero-order chi connectivity index (χ0) is 37.8. The van der Waals surface area contributed by atoms with Gasteiger partial charge in [0.2, 0.25) is 5.82 Å². The van der Waals surface area contributed by atoms with Crippen molar-refractivity contribution >= 4 is 40.5 Å². The van der Waals surface area contributed by atoms with Gasteiger partial charge in [-0.25, -0.2) is 24.5 Å². The first kappa shape index (κ1) is 40.6. The number of amides is 1. The molecule has 1 heterocycles. The Morgan fingerprint density at radius 2 is 1.48 bits per heavy atom. The Morgan fingerprint density at radius 3 is 2.02 bits per heavy atom. The van der Waals surface area contributed by atoms with Crippen LogP contribution >= 0.6 is 0 Å². The molecule has 3 aromatic rings. The summed E-state index contributed by atoms with van der Waals surface area (Å²) in [7, 11) is 3.15. The number of carbonyl (C=O) groups excluding carboxylic acids is 1. The van der Waals surface area contributed by atoms with Crippen LogP contribution in [0.15, 0.2) is 41.4 Å². The minimum Gasteiger partial charge on any atom is -0.493 e. The number of anilines is 1. The van der Waals surface area contributed by atoms with Crippen molar-refractivity contribution in [1.29, 1.82) is 0 Å². The topological polar surface area (TPSA) is 224 Å². The fourth-order valence-corrected chi connectivity index (χ4v) is 4.51. The maximum Gasteiger partial charge on any atom is 0.490 e. The van der Waals surface area contributed by atoms with E-state index in [1.807, 2.05) is 37.3 Å². The van der Waals surface area contributed by atoms with Crippen molar-refractivity contribution < 1.29 is 60.4 Å². The molecular formula is C30H35F6N7O7. The number of benzene rings is 2. The Bertz CT molecular complexity index is 1660. The van der Waals surface area contributed by atoms with Crippen molar-refractivity contribution in [2.75, 3.05) is 19.5 Å². The molecule has 50 heavy (non-hydrogen) atoms. The number of ether oxygens (including phenoxy) is 2. The van der Waals surface area contributed by atoms with Gasteiger partial charge in [-0.1, -0.05) is 30.5 Å². The highest BCUT2D eigenvalue weighted by molar-refractivity contribution is 5.96. The summed E-state index contributed by atoms with van der Waals surface area (Å²) in [5, 5.41) is 21.5. The first-order valence-electron chi connectivity index (χ1n) is 14.5. The summed E-state index contributed by atoms with van der Waals surface area (Å²) in [5.74, 6) is -3.91. The molecule has 2 atom stereocenters. The van der Waals surface area contributed by atoms with Crippen LogP contribution in [0.5, 0.6) is 11.5 Å². The predicted octanol–water partition coefficient (Wildman–Crippen LogP) is 4.15. The van der Waals surface area contributed by atoms with Crippen LogP contribution < -0.4 is 31.6 Å². The number of nitrogens with one attached hydrogen (secondary N) is 2. The highest BCUT2D eigenvalue weighted by Crippen LogP contribution is 2.29. The molecule has 4 rings (SSSR count). The third kappa shape index (κ3) is 12.5. The monoisotopic (exact) mass is 719 g/mol. The molecule has 1 aliphatic rings. The van der Waals surface area contributed by atoms with Crippen LogP contribution in [0.1, 0.15) is 47.4 Å². The van der Waals surface area contributed by atoms with Gasteiger partial charge in [0.05, 0.1) is 31.8 Å². The molecule has 2 aromatic carbocycles. The standard InChI is InChI=1S/C26H33N7O3.2C2HF3O2/c1-15-8-10-18-17(12-15)23(31-19-6-4-5-7-20(19)32-26(27)28)33-24(30-18)25(34)29-14-16-9-11-21(35-2)22(13-16)36-3;2*3-2(4,5)1(6)7/h8-13,19-20H,4-7,14H2,1-3H3,(H,29,34)(H4,27,28,32)(H,30,31,33);2*(H,6,7). The second kappa shape index (κ2) is 17.7. The number of methoxy groups -OCH3 is 2. The molecule has 274 valence electrons. The molecule has 0 bridgehead atoms. The summed E-state index contributed by atoms with van der Waals surface area (Å²) in [6, 6.07) is 11.3. The van der Waals surface area contributed by atoms with Gasteiger partial charge >= 0.3 is 24.3 Å². The quantitative estimate of drug-likeness (QED) is 0.110. The van der Waals surface area contributed by atoms with Gasteiger partial charge < -0.3 is 41.8 Å². The number of aryl methyl sites for hydroxylation is 1. The summed E-state index contributed by atoms with van der Waals surface area (Å²) < 4.78 is 74.1. The number of carboxylic acid groups (broad SMARTS) is 2. The number of carbonyl (C=O) groups is 3. The van der Waals surface area contributed by atoms with E-state index < -0.39 is 24.3 Å². The summed E-state index contributed by atoms with van der Waals surface area (Å²) in [4.78, 5) is 44.5. The van der Waals surface area contributed by atoms with Crippen molar-refractivity contribution in [2.24, 2.45) is 16.5 Å². The third-order valence-corrected chi connectivity index (χ3v) is 6.81. The summed E-state index contributed by atoms with van der Waals surface area (Å²) in [6.07, 6.45) is -6.25. The Hall–Kier alpha value is -5.56. The minimum atomic E-state index is -5.08. The largest absolute Gasteiger partial charge is 0.493 e. The number of guanidine groups is 1. The van der Waals surface area contributed by atoms with Gasteiger partial charge in [0.15, 0.2) is 17.5 Å². The third-order valence-electron chi connectivity index (χ3n) is 6.81. The van der Waals surface area contributed by atoms with E-state index >= 15 is 0 Å². The number of rotatable bonds is 8. The Balaban J connectivity index is 0.000000521. The van der Waals surface area contributed by atoms with E-state index in [-0.39, 0.29) is 36.3 Å². The van der Waals surface area contributed by atoms with E-state index in [0.717, 1.165) is 42.2 Å². The van der Waals surface area contributed by atoms with Crippen LogP contribution in [0.3, 0.4) is 0 Å². The minimum absolute atomic E-state index is 0.00198. The first-order chi connectivity index (χ1) is 23.3.